The van der Waals surface area contributed by atoms with Gasteiger partial charge in [-0.15, -0.1) is 0 Å². The lowest BCUT2D eigenvalue weighted by Gasteiger charge is -2.31. The van der Waals surface area contributed by atoms with Crippen molar-refractivity contribution in [3.8, 4) is 0 Å². The lowest BCUT2D eigenvalue weighted by atomic mass is 10.0. The monoisotopic (exact) mass is 362 g/mol. The Morgan fingerprint density at radius 1 is 1.04 bits per heavy atom. The van der Waals surface area contributed by atoms with E-state index in [1.807, 2.05) is 36.4 Å². The van der Waals surface area contributed by atoms with Gasteiger partial charge in [0.2, 0.25) is 5.91 Å². The van der Waals surface area contributed by atoms with E-state index in [0.717, 1.165) is 37.6 Å². The number of anilines is 1. The summed E-state index contributed by atoms with van der Waals surface area (Å²) in [4.78, 5) is 18.7. The van der Waals surface area contributed by atoms with Crippen LogP contribution in [0.15, 0.2) is 71.2 Å². The molecule has 0 saturated carbocycles. The van der Waals surface area contributed by atoms with Crippen molar-refractivity contribution >= 4 is 23.6 Å². The highest BCUT2D eigenvalue weighted by Gasteiger charge is 2.17. The highest BCUT2D eigenvalue weighted by molar-refractivity contribution is 5.95. The number of nitrogens with zero attached hydrogens (tertiary/aromatic N) is 2. The number of rotatable bonds is 4. The van der Waals surface area contributed by atoms with Gasteiger partial charge in [-0.3, -0.25) is 9.79 Å². The number of para-hydroxylation sites is 1. The summed E-state index contributed by atoms with van der Waals surface area (Å²) >= 11 is 0. The van der Waals surface area contributed by atoms with Crippen LogP contribution >= 0.6 is 0 Å². The third kappa shape index (κ3) is 5.71. The third-order valence-electron chi connectivity index (χ3n) is 4.55. The summed E-state index contributed by atoms with van der Waals surface area (Å²) in [6, 6.07) is 19.9. The Hall–Kier alpha value is -3.08. The molecule has 1 amide bonds. The number of likely N-dealkylation sites (tertiary alicyclic amines) is 1. The zero-order chi connectivity index (χ0) is 18.9. The van der Waals surface area contributed by atoms with E-state index in [2.05, 4.69) is 50.9 Å². The van der Waals surface area contributed by atoms with Gasteiger partial charge in [0.05, 0.1) is 6.54 Å². The molecule has 0 spiro atoms. The van der Waals surface area contributed by atoms with Crippen LogP contribution in [-0.4, -0.2) is 43.4 Å². The van der Waals surface area contributed by atoms with Gasteiger partial charge in [0.25, 0.3) is 0 Å². The van der Waals surface area contributed by atoms with Crippen LogP contribution < -0.4 is 10.6 Å². The van der Waals surface area contributed by atoms with Crippen molar-refractivity contribution in [1.29, 1.82) is 0 Å². The van der Waals surface area contributed by atoms with Crippen molar-refractivity contribution < 1.29 is 4.79 Å². The predicted molar refractivity (Wildman–Crippen MR) is 112 cm³/mol. The molecule has 140 valence electrons. The second kappa shape index (κ2) is 9.57. The minimum atomic E-state index is -0.0796. The molecule has 0 bridgehead atoms. The van der Waals surface area contributed by atoms with Crippen LogP contribution in [-0.2, 0) is 4.79 Å². The predicted octanol–water partition coefficient (Wildman–Crippen LogP) is 3.38. The summed E-state index contributed by atoms with van der Waals surface area (Å²) in [6.45, 7) is 2.00. The summed E-state index contributed by atoms with van der Waals surface area (Å²) in [7, 11) is 1.76. The van der Waals surface area contributed by atoms with Gasteiger partial charge in [0, 0.05) is 25.8 Å². The summed E-state index contributed by atoms with van der Waals surface area (Å²) in [6.07, 6.45) is 4.29. The van der Waals surface area contributed by atoms with Crippen LogP contribution in [0.1, 0.15) is 18.4 Å². The molecule has 2 N–H and O–H groups in total. The molecule has 3 rings (SSSR count). The number of amides is 1. The van der Waals surface area contributed by atoms with Crippen molar-refractivity contribution in [2.75, 3.05) is 32.0 Å². The molecule has 5 heteroatoms. The molecule has 5 nitrogen and oxygen atoms in total. The van der Waals surface area contributed by atoms with Gasteiger partial charge in [0.1, 0.15) is 0 Å². The Bertz CT molecular complexity index is 790. The van der Waals surface area contributed by atoms with Crippen LogP contribution in [0, 0.1) is 0 Å². The Kier molecular flexibility index (Phi) is 6.63. The second-order valence-electron chi connectivity index (χ2n) is 6.52. The molecule has 0 radical (unpaired) electrons. The highest BCUT2D eigenvalue weighted by atomic mass is 16.1. The van der Waals surface area contributed by atoms with Crippen LogP contribution in [0.4, 0.5) is 5.69 Å². The highest BCUT2D eigenvalue weighted by Crippen LogP contribution is 2.19. The number of hydrogen-bond donors (Lipinski definition) is 2. The van der Waals surface area contributed by atoms with E-state index in [-0.39, 0.29) is 12.5 Å². The fourth-order valence-electron chi connectivity index (χ4n) is 3.15. The molecule has 1 fully saturated rings. The van der Waals surface area contributed by atoms with E-state index < -0.39 is 0 Å². The van der Waals surface area contributed by atoms with Gasteiger partial charge in [-0.1, -0.05) is 60.2 Å². The van der Waals surface area contributed by atoms with Gasteiger partial charge in [-0.05, 0) is 30.5 Å². The first-order valence-corrected chi connectivity index (χ1v) is 9.29. The molecule has 2 aromatic rings. The molecule has 1 aliphatic heterocycles. The first-order chi connectivity index (χ1) is 13.2. The Morgan fingerprint density at radius 2 is 1.67 bits per heavy atom. The van der Waals surface area contributed by atoms with Gasteiger partial charge in [-0.25, -0.2) is 0 Å². The number of piperidine rings is 1. The summed E-state index contributed by atoms with van der Waals surface area (Å²) < 4.78 is 0. The molecule has 0 unspecified atom stereocenters. The van der Waals surface area contributed by atoms with E-state index in [0.29, 0.717) is 0 Å². The number of carbonyl (C=O) groups excluding carboxylic acids is 1. The van der Waals surface area contributed by atoms with Crippen molar-refractivity contribution in [2.45, 2.75) is 12.8 Å². The molecular formula is C22H26N4O. The van der Waals surface area contributed by atoms with Crippen LogP contribution in [0.25, 0.3) is 6.08 Å². The van der Waals surface area contributed by atoms with Crippen LogP contribution in [0.5, 0.6) is 0 Å². The Labute approximate surface area is 160 Å². The standard InChI is InChI=1S/C22H26N4O/c1-23-22(24-17-21(27)25-20-10-6-3-7-11-20)26-14-12-19(13-15-26)16-18-8-4-2-5-9-18/h2-11,16H,12-15,17H2,1H3,(H,23,24)(H,25,27). The summed E-state index contributed by atoms with van der Waals surface area (Å²) in [5.74, 6) is 0.695. The van der Waals surface area contributed by atoms with Gasteiger partial charge in [0.15, 0.2) is 5.96 Å². The molecule has 27 heavy (non-hydrogen) atoms. The maximum absolute atomic E-state index is 12.1. The van der Waals surface area contributed by atoms with Crippen molar-refractivity contribution in [3.05, 3.63) is 71.8 Å². The lowest BCUT2D eigenvalue weighted by molar-refractivity contribution is -0.115. The first-order valence-electron chi connectivity index (χ1n) is 9.29. The molecule has 1 aliphatic rings. The molecule has 2 aromatic carbocycles. The molecule has 1 saturated heterocycles. The van der Waals surface area contributed by atoms with Gasteiger partial charge < -0.3 is 15.5 Å². The minimum absolute atomic E-state index is 0.0796. The zero-order valence-electron chi connectivity index (χ0n) is 15.7. The van der Waals surface area contributed by atoms with Gasteiger partial charge >= 0.3 is 0 Å². The van der Waals surface area contributed by atoms with Gasteiger partial charge in [-0.2, -0.15) is 0 Å². The Balaban J connectivity index is 1.47. The normalized spacial score (nSPS) is 14.6. The maximum Gasteiger partial charge on any atom is 0.243 e. The number of hydrogen-bond acceptors (Lipinski definition) is 2. The van der Waals surface area contributed by atoms with E-state index in [9.17, 15) is 4.79 Å². The Morgan fingerprint density at radius 3 is 2.30 bits per heavy atom. The number of aliphatic imine (C=N–C) groups is 1. The zero-order valence-corrected chi connectivity index (χ0v) is 15.7. The molecular weight excluding hydrogens is 336 g/mol. The molecule has 1 heterocycles. The van der Waals surface area contributed by atoms with E-state index >= 15 is 0 Å². The average Bonchev–Trinajstić information content (AvgIpc) is 2.71. The van der Waals surface area contributed by atoms with Crippen molar-refractivity contribution in [2.24, 2.45) is 4.99 Å². The lowest BCUT2D eigenvalue weighted by Crippen LogP contribution is -2.46. The smallest absolute Gasteiger partial charge is 0.243 e. The fraction of sp³-hybridized carbons (Fsp3) is 0.273. The topological polar surface area (TPSA) is 56.7 Å². The largest absolute Gasteiger partial charge is 0.347 e. The minimum Gasteiger partial charge on any atom is -0.347 e. The molecule has 0 atom stereocenters. The fourth-order valence-corrected chi connectivity index (χ4v) is 3.15. The van der Waals surface area contributed by atoms with E-state index in [4.69, 9.17) is 0 Å². The summed E-state index contributed by atoms with van der Waals surface area (Å²) in [5.41, 5.74) is 3.50. The van der Waals surface area contributed by atoms with Crippen molar-refractivity contribution in [3.63, 3.8) is 0 Å². The van der Waals surface area contributed by atoms with E-state index in [1.165, 1.54) is 11.1 Å². The van der Waals surface area contributed by atoms with E-state index in [1.54, 1.807) is 7.05 Å². The number of guanidine groups is 1. The quantitative estimate of drug-likeness (QED) is 0.648. The number of carbonyl (C=O) groups is 1. The summed E-state index contributed by atoms with van der Waals surface area (Å²) in [5, 5.41) is 6.04. The average molecular weight is 362 g/mol. The van der Waals surface area contributed by atoms with Crippen LogP contribution in [0.2, 0.25) is 0 Å². The molecule has 0 aromatic heterocycles. The first kappa shape index (κ1) is 18.7. The molecule has 0 aliphatic carbocycles. The van der Waals surface area contributed by atoms with Crippen LogP contribution in [0.3, 0.4) is 0 Å². The SMILES string of the molecule is CN=C(NCC(=O)Nc1ccccc1)N1CCC(=Cc2ccccc2)CC1. The number of benzene rings is 2. The van der Waals surface area contributed by atoms with Crippen molar-refractivity contribution in [1.82, 2.24) is 10.2 Å². The number of nitrogens with one attached hydrogen (secondary N) is 2. The second-order valence-corrected chi connectivity index (χ2v) is 6.52. The third-order valence-corrected chi connectivity index (χ3v) is 4.55. The maximum atomic E-state index is 12.1.